The Kier molecular flexibility index (Phi) is 3.88. The number of nitrogens with zero attached hydrogens (tertiary/aromatic N) is 1. The molecule has 0 radical (unpaired) electrons. The first-order valence-corrected chi connectivity index (χ1v) is 10.8. The van der Waals surface area contributed by atoms with E-state index in [0.29, 0.717) is 19.5 Å². The van der Waals surface area contributed by atoms with Crippen LogP contribution in [0.15, 0.2) is 45.5 Å². The molecule has 118 valence electrons. The van der Waals surface area contributed by atoms with Crippen LogP contribution in [0.3, 0.4) is 0 Å². The fourth-order valence-corrected chi connectivity index (χ4v) is 5.37. The van der Waals surface area contributed by atoms with Crippen molar-refractivity contribution in [1.29, 1.82) is 0 Å². The number of hydrogen-bond acceptors (Lipinski definition) is 5. The Morgan fingerprint density at radius 3 is 2.27 bits per heavy atom. The van der Waals surface area contributed by atoms with E-state index in [1.165, 1.54) is 33.4 Å². The van der Waals surface area contributed by atoms with Gasteiger partial charge in [-0.25, -0.2) is 16.8 Å². The standard InChI is InChI=1S/C14H15NO4S3/c1-21(16,17)12-2-4-13(5-3-12)22(18,19)15-8-6-14-11(10-15)7-9-20-14/h2-5,7,9H,6,8,10H2,1H3. The van der Waals surface area contributed by atoms with Crippen molar-refractivity contribution in [2.24, 2.45) is 0 Å². The van der Waals surface area contributed by atoms with Gasteiger partial charge < -0.3 is 0 Å². The molecule has 0 N–H and O–H groups in total. The number of benzene rings is 1. The smallest absolute Gasteiger partial charge is 0.224 e. The lowest BCUT2D eigenvalue weighted by Crippen LogP contribution is -2.35. The largest absolute Gasteiger partial charge is 0.243 e. The van der Waals surface area contributed by atoms with Gasteiger partial charge in [0, 0.05) is 24.2 Å². The first kappa shape index (κ1) is 15.7. The van der Waals surface area contributed by atoms with Gasteiger partial charge in [-0.2, -0.15) is 4.31 Å². The molecule has 3 rings (SSSR count). The summed E-state index contributed by atoms with van der Waals surface area (Å²) in [6, 6.07) is 7.34. The molecule has 0 fully saturated rings. The Hall–Kier alpha value is -1.22. The normalized spacial score (nSPS) is 16.4. The van der Waals surface area contributed by atoms with E-state index in [1.807, 2.05) is 11.4 Å². The maximum absolute atomic E-state index is 12.7. The molecule has 8 heteroatoms. The minimum atomic E-state index is -3.60. The van der Waals surface area contributed by atoms with E-state index in [4.69, 9.17) is 0 Å². The third kappa shape index (κ3) is 2.83. The topological polar surface area (TPSA) is 71.5 Å². The van der Waals surface area contributed by atoms with Gasteiger partial charge in [-0.1, -0.05) is 0 Å². The van der Waals surface area contributed by atoms with E-state index < -0.39 is 19.9 Å². The summed E-state index contributed by atoms with van der Waals surface area (Å²) >= 11 is 1.65. The van der Waals surface area contributed by atoms with Crippen LogP contribution in [0.2, 0.25) is 0 Å². The maximum atomic E-state index is 12.7. The second-order valence-electron chi connectivity index (χ2n) is 5.20. The minimum absolute atomic E-state index is 0.116. The Morgan fingerprint density at radius 1 is 1.00 bits per heavy atom. The van der Waals surface area contributed by atoms with Crippen molar-refractivity contribution < 1.29 is 16.8 Å². The third-order valence-electron chi connectivity index (χ3n) is 3.66. The summed E-state index contributed by atoms with van der Waals surface area (Å²) in [6.07, 6.45) is 1.81. The lowest BCUT2D eigenvalue weighted by molar-refractivity contribution is 0.394. The lowest BCUT2D eigenvalue weighted by Gasteiger charge is -2.26. The monoisotopic (exact) mass is 357 g/mol. The van der Waals surface area contributed by atoms with E-state index in [1.54, 1.807) is 11.3 Å². The highest BCUT2D eigenvalue weighted by atomic mass is 32.2. The summed E-state index contributed by atoms with van der Waals surface area (Å²) in [6.45, 7) is 0.818. The Morgan fingerprint density at radius 2 is 1.64 bits per heavy atom. The summed E-state index contributed by atoms with van der Waals surface area (Å²) in [5.41, 5.74) is 1.05. The highest BCUT2D eigenvalue weighted by molar-refractivity contribution is 7.90. The van der Waals surface area contributed by atoms with Crippen molar-refractivity contribution in [3.63, 3.8) is 0 Å². The molecule has 1 aromatic heterocycles. The van der Waals surface area contributed by atoms with E-state index in [-0.39, 0.29) is 9.79 Å². The van der Waals surface area contributed by atoms with Gasteiger partial charge in [-0.15, -0.1) is 11.3 Å². The van der Waals surface area contributed by atoms with Crippen LogP contribution in [0.5, 0.6) is 0 Å². The average molecular weight is 357 g/mol. The van der Waals surface area contributed by atoms with Crippen molar-refractivity contribution in [3.05, 3.63) is 46.2 Å². The minimum Gasteiger partial charge on any atom is -0.224 e. The molecule has 5 nitrogen and oxygen atoms in total. The molecule has 0 unspecified atom stereocenters. The summed E-state index contributed by atoms with van der Waals surface area (Å²) in [5, 5.41) is 1.97. The molecule has 2 heterocycles. The van der Waals surface area contributed by atoms with Gasteiger partial charge in [0.25, 0.3) is 0 Å². The van der Waals surface area contributed by atoms with Crippen LogP contribution in [0.4, 0.5) is 0 Å². The first-order chi connectivity index (χ1) is 10.3. The quantitative estimate of drug-likeness (QED) is 0.841. The number of thiophene rings is 1. The maximum Gasteiger partial charge on any atom is 0.243 e. The molecule has 0 saturated heterocycles. The van der Waals surface area contributed by atoms with Crippen LogP contribution in [0, 0.1) is 0 Å². The van der Waals surface area contributed by atoms with Crippen LogP contribution in [0.25, 0.3) is 0 Å². The summed E-state index contributed by atoms with van der Waals surface area (Å²) in [4.78, 5) is 1.47. The molecule has 2 aromatic rings. The fraction of sp³-hybridized carbons (Fsp3) is 0.286. The van der Waals surface area contributed by atoms with Gasteiger partial charge in [0.15, 0.2) is 9.84 Å². The summed E-state index contributed by atoms with van der Waals surface area (Å²) in [7, 11) is -6.93. The number of fused-ring (bicyclic) bond motifs is 1. The zero-order valence-electron chi connectivity index (χ0n) is 11.9. The van der Waals surface area contributed by atoms with Gasteiger partial charge in [0.2, 0.25) is 10.0 Å². The number of rotatable bonds is 3. The van der Waals surface area contributed by atoms with Crippen molar-refractivity contribution in [2.45, 2.75) is 22.8 Å². The zero-order valence-corrected chi connectivity index (χ0v) is 14.3. The fourth-order valence-electron chi connectivity index (χ4n) is 2.44. The van der Waals surface area contributed by atoms with E-state index in [9.17, 15) is 16.8 Å². The Labute approximate surface area is 134 Å². The Bertz CT molecular complexity index is 896. The molecule has 0 saturated carbocycles. The number of sulfone groups is 1. The second-order valence-corrected chi connectivity index (χ2v) is 10.2. The summed E-state index contributed by atoms with van der Waals surface area (Å²) in [5.74, 6) is 0. The molecule has 1 aromatic carbocycles. The highest BCUT2D eigenvalue weighted by Gasteiger charge is 2.28. The second kappa shape index (κ2) is 5.45. The zero-order chi connectivity index (χ0) is 16.0. The molecule has 1 aliphatic rings. The van der Waals surface area contributed by atoms with E-state index in [2.05, 4.69) is 0 Å². The molecule has 0 bridgehead atoms. The van der Waals surface area contributed by atoms with Crippen LogP contribution in [-0.2, 0) is 32.8 Å². The van der Waals surface area contributed by atoms with E-state index >= 15 is 0 Å². The first-order valence-electron chi connectivity index (χ1n) is 6.64. The molecule has 0 aliphatic carbocycles. The molecule has 22 heavy (non-hydrogen) atoms. The lowest BCUT2D eigenvalue weighted by atomic mass is 10.1. The SMILES string of the molecule is CS(=O)(=O)c1ccc(S(=O)(=O)N2CCc3sccc3C2)cc1. The van der Waals surface area contributed by atoms with Gasteiger partial charge in [0.05, 0.1) is 9.79 Å². The van der Waals surface area contributed by atoms with Gasteiger partial charge in [-0.3, -0.25) is 0 Å². The van der Waals surface area contributed by atoms with Crippen LogP contribution < -0.4 is 0 Å². The number of hydrogen-bond donors (Lipinski definition) is 0. The number of sulfonamides is 1. The van der Waals surface area contributed by atoms with Gasteiger partial charge in [-0.05, 0) is 47.7 Å². The highest BCUT2D eigenvalue weighted by Crippen LogP contribution is 2.28. The van der Waals surface area contributed by atoms with Crippen LogP contribution >= 0.6 is 11.3 Å². The molecular weight excluding hydrogens is 342 g/mol. The predicted octanol–water partition coefficient (Wildman–Crippen LogP) is 1.90. The molecule has 0 spiro atoms. The summed E-state index contributed by atoms with van der Waals surface area (Å²) < 4.78 is 49.7. The molecule has 1 aliphatic heterocycles. The average Bonchev–Trinajstić information content (AvgIpc) is 2.94. The van der Waals surface area contributed by atoms with Crippen LogP contribution in [-0.4, -0.2) is 33.9 Å². The van der Waals surface area contributed by atoms with Crippen LogP contribution in [0.1, 0.15) is 10.4 Å². The van der Waals surface area contributed by atoms with Crippen molar-refractivity contribution in [2.75, 3.05) is 12.8 Å². The Balaban J connectivity index is 1.91. The molecule has 0 atom stereocenters. The molecular formula is C14H15NO4S3. The van der Waals surface area contributed by atoms with Crippen molar-refractivity contribution >= 4 is 31.2 Å². The predicted molar refractivity (Wildman–Crippen MR) is 85.2 cm³/mol. The van der Waals surface area contributed by atoms with Gasteiger partial charge >= 0.3 is 0 Å². The molecule has 0 amide bonds. The third-order valence-corrected chi connectivity index (χ3v) is 7.67. The van der Waals surface area contributed by atoms with Crippen molar-refractivity contribution in [3.8, 4) is 0 Å². The van der Waals surface area contributed by atoms with Gasteiger partial charge in [0.1, 0.15) is 0 Å². The van der Waals surface area contributed by atoms with Crippen molar-refractivity contribution in [1.82, 2.24) is 4.31 Å². The van der Waals surface area contributed by atoms with E-state index in [0.717, 1.165) is 11.8 Å².